The number of fused-ring (bicyclic) bond motifs is 1. The van der Waals surface area contributed by atoms with Gasteiger partial charge >= 0.3 is 6.18 Å². The van der Waals surface area contributed by atoms with Gasteiger partial charge in [-0.3, -0.25) is 9.80 Å². The van der Waals surface area contributed by atoms with Gasteiger partial charge in [-0.1, -0.05) is 12.1 Å². The molecule has 2 aliphatic rings. The van der Waals surface area contributed by atoms with Crippen molar-refractivity contribution in [3.63, 3.8) is 0 Å². The van der Waals surface area contributed by atoms with Crippen molar-refractivity contribution in [2.75, 3.05) is 44.2 Å². The van der Waals surface area contributed by atoms with E-state index in [1.807, 2.05) is 12.1 Å². The van der Waals surface area contributed by atoms with Gasteiger partial charge in [0.2, 0.25) is 0 Å². The summed E-state index contributed by atoms with van der Waals surface area (Å²) in [6.07, 6.45) is -2.00. The van der Waals surface area contributed by atoms with Crippen LogP contribution in [0.2, 0.25) is 0 Å². The van der Waals surface area contributed by atoms with E-state index in [1.165, 1.54) is 17.7 Å². The summed E-state index contributed by atoms with van der Waals surface area (Å²) in [5.41, 5.74) is 2.82. The Morgan fingerprint density at radius 3 is 2.56 bits per heavy atom. The molecule has 0 saturated carbocycles. The Bertz CT molecular complexity index is 1060. The van der Waals surface area contributed by atoms with Gasteiger partial charge in [0, 0.05) is 51.0 Å². The molecule has 9 heteroatoms. The van der Waals surface area contributed by atoms with Crippen LogP contribution in [0.15, 0.2) is 47.1 Å². The summed E-state index contributed by atoms with van der Waals surface area (Å²) < 4.78 is 43.9. The van der Waals surface area contributed by atoms with Gasteiger partial charge < -0.3 is 4.90 Å². The van der Waals surface area contributed by atoms with E-state index in [-0.39, 0.29) is 0 Å². The van der Waals surface area contributed by atoms with Gasteiger partial charge in [0.05, 0.1) is 5.56 Å². The monoisotopic (exact) mass is 445 g/mol. The third-order valence-electron chi connectivity index (χ3n) is 6.57. The van der Waals surface area contributed by atoms with Crippen LogP contribution in [0.5, 0.6) is 0 Å². The number of alkyl halides is 3. The first-order valence-corrected chi connectivity index (χ1v) is 11.1. The zero-order chi connectivity index (χ0) is 22.1. The number of aromatic nitrogens is 2. The van der Waals surface area contributed by atoms with Crippen LogP contribution in [0.25, 0.3) is 11.0 Å². The number of nitrogens with zero attached hydrogens (tertiary/aromatic N) is 5. The van der Waals surface area contributed by atoms with Crippen molar-refractivity contribution in [2.45, 2.75) is 31.6 Å². The van der Waals surface area contributed by atoms with Crippen LogP contribution in [-0.2, 0) is 12.7 Å². The molecule has 3 heterocycles. The molecule has 5 rings (SSSR count). The summed E-state index contributed by atoms with van der Waals surface area (Å²) in [5, 5.41) is 7.79. The van der Waals surface area contributed by atoms with Gasteiger partial charge in [0.25, 0.3) is 0 Å². The van der Waals surface area contributed by atoms with Crippen LogP contribution in [0, 0.1) is 0 Å². The van der Waals surface area contributed by atoms with Gasteiger partial charge in [0.1, 0.15) is 11.0 Å². The molecular weight excluding hydrogens is 419 g/mol. The van der Waals surface area contributed by atoms with Gasteiger partial charge in [0.15, 0.2) is 0 Å². The van der Waals surface area contributed by atoms with E-state index in [0.29, 0.717) is 11.7 Å². The molecule has 2 saturated heterocycles. The second-order valence-electron chi connectivity index (χ2n) is 8.69. The van der Waals surface area contributed by atoms with Crippen LogP contribution < -0.4 is 4.90 Å². The highest BCUT2D eigenvalue weighted by atomic mass is 19.4. The molecule has 170 valence electrons. The molecule has 3 aromatic rings. The van der Waals surface area contributed by atoms with Crippen LogP contribution in [-0.4, -0.2) is 65.4 Å². The fourth-order valence-electron chi connectivity index (χ4n) is 4.88. The molecule has 2 fully saturated rings. The van der Waals surface area contributed by atoms with E-state index in [9.17, 15) is 13.2 Å². The smallest absolute Gasteiger partial charge is 0.369 e. The number of hydrogen-bond donors (Lipinski definition) is 0. The Hall–Kier alpha value is -2.65. The first-order chi connectivity index (χ1) is 15.5. The molecule has 0 N–H and O–H groups in total. The van der Waals surface area contributed by atoms with Gasteiger partial charge in [-0.05, 0) is 65.6 Å². The van der Waals surface area contributed by atoms with E-state index in [1.54, 1.807) is 6.07 Å². The molecule has 32 heavy (non-hydrogen) atoms. The van der Waals surface area contributed by atoms with E-state index < -0.39 is 11.7 Å². The van der Waals surface area contributed by atoms with Crippen LogP contribution in [0.1, 0.15) is 24.0 Å². The zero-order valence-electron chi connectivity index (χ0n) is 17.8. The summed E-state index contributed by atoms with van der Waals surface area (Å²) in [6, 6.07) is 12.2. The van der Waals surface area contributed by atoms with E-state index in [4.69, 9.17) is 4.63 Å². The maximum Gasteiger partial charge on any atom is 0.416 e. The Morgan fingerprint density at radius 1 is 0.938 bits per heavy atom. The molecule has 0 radical (unpaired) electrons. The van der Waals surface area contributed by atoms with E-state index in [2.05, 4.69) is 31.1 Å². The number of likely N-dealkylation sites (tertiary alicyclic amines) is 1. The maximum absolute atomic E-state index is 13.1. The predicted octanol–water partition coefficient (Wildman–Crippen LogP) is 4.03. The molecule has 0 aliphatic carbocycles. The van der Waals surface area contributed by atoms with E-state index >= 15 is 0 Å². The van der Waals surface area contributed by atoms with Crippen molar-refractivity contribution >= 4 is 16.7 Å². The minimum atomic E-state index is -4.31. The number of benzene rings is 2. The van der Waals surface area contributed by atoms with E-state index in [0.717, 1.165) is 75.8 Å². The molecule has 2 aliphatic heterocycles. The molecule has 0 bridgehead atoms. The minimum absolute atomic E-state index is 0.477. The van der Waals surface area contributed by atoms with Crippen molar-refractivity contribution in [1.82, 2.24) is 20.1 Å². The number of rotatable bonds is 4. The zero-order valence-corrected chi connectivity index (χ0v) is 17.8. The first-order valence-electron chi connectivity index (χ1n) is 11.1. The molecule has 0 spiro atoms. The van der Waals surface area contributed by atoms with Crippen molar-refractivity contribution < 1.29 is 17.8 Å². The van der Waals surface area contributed by atoms with Crippen LogP contribution >= 0.6 is 0 Å². The number of anilines is 1. The fourth-order valence-corrected chi connectivity index (χ4v) is 4.88. The van der Waals surface area contributed by atoms with Gasteiger partial charge in [-0.15, -0.1) is 0 Å². The van der Waals surface area contributed by atoms with Crippen molar-refractivity contribution in [1.29, 1.82) is 0 Å². The van der Waals surface area contributed by atoms with Crippen molar-refractivity contribution in [2.24, 2.45) is 0 Å². The SMILES string of the molecule is FC(F)(F)c1cccc(N2CCN([C@H]3CCCN(Cc4ccc5nonc5c4)C3)CC2)c1. The lowest BCUT2D eigenvalue weighted by atomic mass is 10.0. The summed E-state index contributed by atoms with van der Waals surface area (Å²) in [7, 11) is 0. The molecule has 6 nitrogen and oxygen atoms in total. The Labute approximate surface area is 184 Å². The molecule has 0 amide bonds. The first kappa shape index (κ1) is 21.2. The quantitative estimate of drug-likeness (QED) is 0.605. The lowest BCUT2D eigenvalue weighted by Gasteiger charge is -2.44. The highest BCUT2D eigenvalue weighted by Crippen LogP contribution is 2.32. The second kappa shape index (κ2) is 8.71. The molecule has 0 unspecified atom stereocenters. The Morgan fingerprint density at radius 2 is 1.75 bits per heavy atom. The Balaban J connectivity index is 1.17. The summed E-state index contributed by atoms with van der Waals surface area (Å²) in [6.45, 7) is 6.15. The maximum atomic E-state index is 13.1. The van der Waals surface area contributed by atoms with Gasteiger partial charge in [-0.25, -0.2) is 4.63 Å². The van der Waals surface area contributed by atoms with Gasteiger partial charge in [-0.2, -0.15) is 13.2 Å². The minimum Gasteiger partial charge on any atom is -0.369 e. The number of piperazine rings is 1. The lowest BCUT2D eigenvalue weighted by Crippen LogP contribution is -2.55. The van der Waals surface area contributed by atoms with Crippen LogP contribution in [0.3, 0.4) is 0 Å². The van der Waals surface area contributed by atoms with Crippen molar-refractivity contribution in [3.8, 4) is 0 Å². The third kappa shape index (κ3) is 4.59. The summed E-state index contributed by atoms with van der Waals surface area (Å²) in [5.74, 6) is 0. The summed E-state index contributed by atoms with van der Waals surface area (Å²) in [4.78, 5) is 7.04. The largest absolute Gasteiger partial charge is 0.416 e. The van der Waals surface area contributed by atoms with Crippen molar-refractivity contribution in [3.05, 3.63) is 53.6 Å². The highest BCUT2D eigenvalue weighted by Gasteiger charge is 2.32. The average Bonchev–Trinajstić information content (AvgIpc) is 3.27. The molecule has 1 aromatic heterocycles. The molecular formula is C23H26F3N5O. The number of hydrogen-bond acceptors (Lipinski definition) is 6. The fraction of sp³-hybridized carbons (Fsp3) is 0.478. The average molecular weight is 445 g/mol. The third-order valence-corrected chi connectivity index (χ3v) is 6.57. The lowest BCUT2D eigenvalue weighted by molar-refractivity contribution is -0.137. The Kier molecular flexibility index (Phi) is 5.77. The number of piperidine rings is 1. The summed E-state index contributed by atoms with van der Waals surface area (Å²) >= 11 is 0. The number of halogens is 3. The van der Waals surface area contributed by atoms with Crippen LogP contribution in [0.4, 0.5) is 18.9 Å². The highest BCUT2D eigenvalue weighted by molar-refractivity contribution is 5.73. The molecule has 1 atom stereocenters. The normalized spacial score (nSPS) is 21.3. The standard InChI is InChI=1S/C23H26F3N5O/c24-23(25,26)18-3-1-4-19(14-18)30-9-11-31(12-10-30)20-5-2-8-29(16-20)15-17-6-7-21-22(13-17)28-32-27-21/h1,3-4,6-7,13-14,20H,2,5,8-12,15-16H2/t20-/m0/s1. The second-order valence-corrected chi connectivity index (χ2v) is 8.69. The molecule has 2 aromatic carbocycles. The topological polar surface area (TPSA) is 48.6 Å². The predicted molar refractivity (Wildman–Crippen MR) is 115 cm³/mol.